The van der Waals surface area contributed by atoms with Crippen molar-refractivity contribution in [2.24, 2.45) is 5.92 Å². The lowest BCUT2D eigenvalue weighted by Gasteiger charge is -2.37. The Kier molecular flexibility index (Phi) is 6.53. The summed E-state index contributed by atoms with van der Waals surface area (Å²) in [6, 6.07) is 16.0. The lowest BCUT2D eigenvalue weighted by molar-refractivity contribution is -0.134. The van der Waals surface area contributed by atoms with Gasteiger partial charge >= 0.3 is 0 Å². The second-order valence-corrected chi connectivity index (χ2v) is 9.96. The fraction of sp³-hybridized carbons (Fsp3) is 0.333. The first kappa shape index (κ1) is 24.1. The van der Waals surface area contributed by atoms with Crippen molar-refractivity contribution in [1.82, 2.24) is 24.5 Å². The third kappa shape index (κ3) is 4.86. The van der Waals surface area contributed by atoms with Gasteiger partial charge in [0, 0.05) is 55.1 Å². The lowest BCUT2D eigenvalue weighted by atomic mass is 10.1. The molecular formula is C27H30ClN7O. The number of anilines is 3. The van der Waals surface area contributed by atoms with Gasteiger partial charge in [0.05, 0.1) is 10.7 Å². The number of carbonyl (C=O) groups excluding carboxylic acids is 1. The van der Waals surface area contributed by atoms with Crippen molar-refractivity contribution in [1.29, 1.82) is 0 Å². The third-order valence-electron chi connectivity index (χ3n) is 6.40. The summed E-state index contributed by atoms with van der Waals surface area (Å²) >= 11 is 6.72. The summed E-state index contributed by atoms with van der Waals surface area (Å²) in [4.78, 5) is 25.7. The predicted molar refractivity (Wildman–Crippen MR) is 144 cm³/mol. The van der Waals surface area contributed by atoms with Crippen LogP contribution < -0.4 is 10.2 Å². The Bertz CT molecular complexity index is 1410. The van der Waals surface area contributed by atoms with Gasteiger partial charge in [-0.15, -0.1) is 5.10 Å². The van der Waals surface area contributed by atoms with Crippen molar-refractivity contribution in [2.75, 3.05) is 36.4 Å². The van der Waals surface area contributed by atoms with Crippen molar-refractivity contribution in [3.8, 4) is 11.4 Å². The minimum Gasteiger partial charge on any atom is -0.367 e. The SMILES string of the molecule is Cc1ccc(-c2nc3nc(C)cc(Nc4ccc(N5CCN(C(=O)C(C)C)CC5)c(Cl)c4)n3n2)cc1. The quantitative estimate of drug-likeness (QED) is 0.407. The highest BCUT2D eigenvalue weighted by molar-refractivity contribution is 6.33. The van der Waals surface area contributed by atoms with E-state index in [4.69, 9.17) is 16.7 Å². The normalized spacial score (nSPS) is 14.1. The molecule has 1 amide bonds. The monoisotopic (exact) mass is 503 g/mol. The number of hydrogen-bond acceptors (Lipinski definition) is 6. The molecule has 8 nitrogen and oxygen atoms in total. The largest absolute Gasteiger partial charge is 0.367 e. The highest BCUT2D eigenvalue weighted by atomic mass is 35.5. The number of fused-ring (bicyclic) bond motifs is 1. The third-order valence-corrected chi connectivity index (χ3v) is 6.70. The summed E-state index contributed by atoms with van der Waals surface area (Å²) in [5.41, 5.74) is 4.78. The van der Waals surface area contributed by atoms with E-state index in [9.17, 15) is 4.79 Å². The van der Waals surface area contributed by atoms with Crippen LogP contribution in [0, 0.1) is 19.8 Å². The van der Waals surface area contributed by atoms with E-state index in [0.717, 1.165) is 41.5 Å². The summed E-state index contributed by atoms with van der Waals surface area (Å²) in [5.74, 6) is 2.14. The van der Waals surface area contributed by atoms with Crippen molar-refractivity contribution in [3.05, 3.63) is 64.8 Å². The van der Waals surface area contributed by atoms with Crippen LogP contribution in [0.4, 0.5) is 17.2 Å². The minimum absolute atomic E-state index is 0.0201. The number of nitrogens with one attached hydrogen (secondary N) is 1. The summed E-state index contributed by atoms with van der Waals surface area (Å²) in [6.07, 6.45) is 0. The second-order valence-electron chi connectivity index (χ2n) is 9.55. The molecule has 2 aromatic heterocycles. The molecule has 1 fully saturated rings. The molecule has 0 atom stereocenters. The summed E-state index contributed by atoms with van der Waals surface area (Å²) in [5, 5.41) is 8.79. The maximum Gasteiger partial charge on any atom is 0.254 e. The Morgan fingerprint density at radius 3 is 2.36 bits per heavy atom. The second kappa shape index (κ2) is 9.78. The van der Waals surface area contributed by atoms with Crippen LogP contribution >= 0.6 is 11.6 Å². The molecule has 1 saturated heterocycles. The molecule has 186 valence electrons. The Balaban J connectivity index is 1.36. The molecule has 0 aliphatic carbocycles. The van der Waals surface area contributed by atoms with Gasteiger partial charge in [-0.05, 0) is 32.0 Å². The number of piperazine rings is 1. The Morgan fingerprint density at radius 2 is 1.69 bits per heavy atom. The van der Waals surface area contributed by atoms with E-state index in [1.807, 2.05) is 74.2 Å². The molecular weight excluding hydrogens is 474 g/mol. The van der Waals surface area contributed by atoms with Crippen LogP contribution in [0.5, 0.6) is 0 Å². The molecule has 1 N–H and O–H groups in total. The number of amides is 1. The number of aromatic nitrogens is 4. The molecule has 0 saturated carbocycles. The van der Waals surface area contributed by atoms with Gasteiger partial charge in [0.15, 0.2) is 5.82 Å². The first-order chi connectivity index (χ1) is 17.3. The average molecular weight is 504 g/mol. The fourth-order valence-electron chi connectivity index (χ4n) is 4.42. The number of nitrogens with zero attached hydrogens (tertiary/aromatic N) is 6. The van der Waals surface area contributed by atoms with Crippen molar-refractivity contribution in [2.45, 2.75) is 27.7 Å². The van der Waals surface area contributed by atoms with Crippen LogP contribution in [0.1, 0.15) is 25.1 Å². The fourth-order valence-corrected chi connectivity index (χ4v) is 4.72. The van der Waals surface area contributed by atoms with Gasteiger partial charge in [-0.25, -0.2) is 4.98 Å². The lowest BCUT2D eigenvalue weighted by Crippen LogP contribution is -2.50. The molecule has 4 aromatic rings. The van der Waals surface area contributed by atoms with Gasteiger partial charge in [-0.3, -0.25) is 4.79 Å². The molecule has 0 unspecified atom stereocenters. The topological polar surface area (TPSA) is 78.7 Å². The van der Waals surface area contributed by atoms with E-state index < -0.39 is 0 Å². The van der Waals surface area contributed by atoms with Gasteiger partial charge in [0.2, 0.25) is 5.91 Å². The van der Waals surface area contributed by atoms with Gasteiger partial charge in [-0.1, -0.05) is 55.3 Å². The molecule has 5 rings (SSSR count). The zero-order valence-electron chi connectivity index (χ0n) is 21.0. The molecule has 0 radical (unpaired) electrons. The van der Waals surface area contributed by atoms with Crippen LogP contribution in [0.3, 0.4) is 0 Å². The van der Waals surface area contributed by atoms with Crippen LogP contribution in [-0.2, 0) is 4.79 Å². The van der Waals surface area contributed by atoms with Crippen molar-refractivity contribution in [3.63, 3.8) is 0 Å². The summed E-state index contributed by atoms with van der Waals surface area (Å²) < 4.78 is 1.72. The number of halogens is 1. The molecule has 36 heavy (non-hydrogen) atoms. The first-order valence-corrected chi connectivity index (χ1v) is 12.6. The summed E-state index contributed by atoms with van der Waals surface area (Å²) in [7, 11) is 0. The van der Waals surface area contributed by atoms with E-state index in [2.05, 4.69) is 27.1 Å². The van der Waals surface area contributed by atoms with Crippen molar-refractivity contribution < 1.29 is 4.79 Å². The van der Waals surface area contributed by atoms with E-state index >= 15 is 0 Å². The Hall–Kier alpha value is -3.65. The van der Waals surface area contributed by atoms with E-state index in [1.54, 1.807) is 4.52 Å². The maximum atomic E-state index is 12.3. The molecule has 3 heterocycles. The van der Waals surface area contributed by atoms with E-state index in [1.165, 1.54) is 5.56 Å². The zero-order valence-corrected chi connectivity index (χ0v) is 21.8. The number of aryl methyl sites for hydroxylation is 2. The highest BCUT2D eigenvalue weighted by Crippen LogP contribution is 2.31. The van der Waals surface area contributed by atoms with Crippen LogP contribution in [0.25, 0.3) is 17.2 Å². The number of carbonyl (C=O) groups is 1. The standard InChI is InChI=1S/C27H30ClN7O/c1-17(2)26(36)34-13-11-33(12-14-34)23-10-9-21(16-22(23)28)30-24-15-19(4)29-27-31-25(32-35(24)27)20-7-5-18(3)6-8-20/h5-10,15-17,30H,11-14H2,1-4H3. The average Bonchev–Trinajstić information content (AvgIpc) is 3.28. The van der Waals surface area contributed by atoms with Crippen molar-refractivity contribution >= 4 is 40.5 Å². The first-order valence-electron chi connectivity index (χ1n) is 12.2. The number of benzene rings is 2. The molecule has 9 heteroatoms. The van der Waals surface area contributed by atoms with Gasteiger partial charge in [0.1, 0.15) is 5.82 Å². The molecule has 0 spiro atoms. The predicted octanol–water partition coefficient (Wildman–Crippen LogP) is 5.11. The molecule has 0 bridgehead atoms. The maximum absolute atomic E-state index is 12.3. The highest BCUT2D eigenvalue weighted by Gasteiger charge is 2.24. The van der Waals surface area contributed by atoms with E-state index in [0.29, 0.717) is 29.7 Å². The smallest absolute Gasteiger partial charge is 0.254 e. The van der Waals surface area contributed by atoms with Crippen LogP contribution in [-0.4, -0.2) is 56.6 Å². The Labute approximate surface area is 215 Å². The summed E-state index contributed by atoms with van der Waals surface area (Å²) in [6.45, 7) is 10.8. The molecule has 2 aromatic carbocycles. The van der Waals surface area contributed by atoms with Crippen LogP contribution in [0.15, 0.2) is 48.5 Å². The zero-order chi connectivity index (χ0) is 25.4. The molecule has 1 aliphatic heterocycles. The number of rotatable bonds is 5. The van der Waals surface area contributed by atoms with Crippen LogP contribution in [0.2, 0.25) is 5.02 Å². The number of hydrogen-bond donors (Lipinski definition) is 1. The van der Waals surface area contributed by atoms with Gasteiger partial charge in [-0.2, -0.15) is 9.50 Å². The minimum atomic E-state index is 0.0201. The Morgan fingerprint density at radius 1 is 0.972 bits per heavy atom. The van der Waals surface area contributed by atoms with Gasteiger partial charge < -0.3 is 15.1 Å². The molecule has 1 aliphatic rings. The van der Waals surface area contributed by atoms with Gasteiger partial charge in [0.25, 0.3) is 5.78 Å². The van der Waals surface area contributed by atoms with E-state index in [-0.39, 0.29) is 11.8 Å².